The lowest BCUT2D eigenvalue weighted by atomic mass is 10.4. The number of Topliss-reactive ketones (excluding diaryl/α,β-unsaturated/α-hetero) is 1. The van der Waals surface area contributed by atoms with Crippen LogP contribution in [-0.4, -0.2) is 20.0 Å². The fraction of sp³-hybridized carbons (Fsp3) is 0.750. The van der Waals surface area contributed by atoms with Crippen LogP contribution in [0.2, 0.25) is 0 Å². The monoisotopic (exact) mass is 151 g/mol. The Morgan fingerprint density at radius 3 is 2.00 bits per heavy atom. The van der Waals surface area contributed by atoms with Crippen LogP contribution in [0.1, 0.15) is 13.3 Å². The zero-order valence-corrected chi connectivity index (χ0v) is 5.77. The van der Waals surface area contributed by atoms with Crippen molar-refractivity contribution in [2.24, 2.45) is 0 Å². The van der Waals surface area contributed by atoms with Crippen LogP contribution in [0.5, 0.6) is 0 Å². The van der Waals surface area contributed by atoms with Crippen molar-refractivity contribution in [3.05, 3.63) is 0 Å². The molecular formula is C4H7O4S. The number of rotatable bonds is 3. The Morgan fingerprint density at radius 1 is 1.44 bits per heavy atom. The summed E-state index contributed by atoms with van der Waals surface area (Å²) in [6.45, 7) is 1.51. The lowest BCUT2D eigenvalue weighted by Gasteiger charge is -1.88. The van der Waals surface area contributed by atoms with Crippen LogP contribution in [-0.2, 0) is 19.5 Å². The minimum atomic E-state index is -4.33. The van der Waals surface area contributed by atoms with Crippen LogP contribution in [0, 0.1) is 0 Å². The van der Waals surface area contributed by atoms with Crippen molar-refractivity contribution in [1.29, 1.82) is 0 Å². The van der Waals surface area contributed by atoms with Crippen molar-refractivity contribution < 1.29 is 17.8 Å². The topological polar surface area (TPSA) is 71.1 Å². The Morgan fingerprint density at radius 2 is 1.89 bits per heavy atom. The molecule has 0 aromatic rings. The highest BCUT2D eigenvalue weighted by Crippen LogP contribution is 1.87. The SMILES string of the molecule is CCC(=O)CS([O])(=O)=O. The van der Waals surface area contributed by atoms with E-state index in [4.69, 9.17) is 0 Å². The smallest absolute Gasteiger partial charge is 0.298 e. The normalized spacial score (nSPS) is 11.3. The molecule has 53 valence electrons. The minimum Gasteiger partial charge on any atom is -0.298 e. The zero-order chi connectivity index (χ0) is 7.49. The van der Waals surface area contributed by atoms with Crippen LogP contribution in [0.25, 0.3) is 0 Å². The molecule has 0 amide bonds. The van der Waals surface area contributed by atoms with Crippen LogP contribution >= 0.6 is 0 Å². The Bertz CT molecular complexity index is 191. The molecule has 0 unspecified atom stereocenters. The van der Waals surface area contributed by atoms with Gasteiger partial charge in [0.1, 0.15) is 11.5 Å². The molecule has 4 nitrogen and oxygen atoms in total. The molecule has 0 aromatic heterocycles. The van der Waals surface area contributed by atoms with Gasteiger partial charge in [-0.1, -0.05) is 11.5 Å². The second-order valence-corrected chi connectivity index (χ2v) is 3.00. The Kier molecular flexibility index (Phi) is 2.80. The maximum Gasteiger partial charge on any atom is 0.301 e. The van der Waals surface area contributed by atoms with E-state index in [2.05, 4.69) is 0 Å². The quantitative estimate of drug-likeness (QED) is 0.557. The van der Waals surface area contributed by atoms with E-state index in [1.54, 1.807) is 0 Å². The van der Waals surface area contributed by atoms with E-state index in [1.807, 2.05) is 0 Å². The van der Waals surface area contributed by atoms with Crippen molar-refractivity contribution in [2.75, 3.05) is 5.75 Å². The van der Waals surface area contributed by atoms with Crippen molar-refractivity contribution >= 4 is 15.9 Å². The van der Waals surface area contributed by atoms with Gasteiger partial charge < -0.3 is 0 Å². The molecule has 0 saturated carbocycles. The Labute approximate surface area is 53.6 Å². The summed E-state index contributed by atoms with van der Waals surface area (Å²) in [4.78, 5) is 10.2. The second kappa shape index (κ2) is 2.93. The number of hydrogen-bond donors (Lipinski definition) is 0. The molecule has 0 aromatic carbocycles. The van der Waals surface area contributed by atoms with E-state index in [0.717, 1.165) is 0 Å². The highest BCUT2D eigenvalue weighted by Gasteiger charge is 2.11. The van der Waals surface area contributed by atoms with Gasteiger partial charge in [0.25, 0.3) is 0 Å². The summed E-state index contributed by atoms with van der Waals surface area (Å²) in [5, 5.41) is 0. The minimum absolute atomic E-state index is 0.0987. The first kappa shape index (κ1) is 8.58. The van der Waals surface area contributed by atoms with Crippen molar-refractivity contribution in [3.8, 4) is 0 Å². The van der Waals surface area contributed by atoms with Gasteiger partial charge >= 0.3 is 10.1 Å². The van der Waals surface area contributed by atoms with Gasteiger partial charge in [0, 0.05) is 6.42 Å². The molecule has 0 rings (SSSR count). The van der Waals surface area contributed by atoms with Crippen molar-refractivity contribution in [2.45, 2.75) is 13.3 Å². The third kappa shape index (κ3) is 5.45. The molecular weight excluding hydrogens is 144 g/mol. The van der Waals surface area contributed by atoms with Gasteiger partial charge in [-0.15, -0.1) is 0 Å². The molecule has 0 atom stereocenters. The highest BCUT2D eigenvalue weighted by atomic mass is 32.2. The molecule has 0 bridgehead atoms. The van der Waals surface area contributed by atoms with Gasteiger partial charge in [0.2, 0.25) is 0 Å². The van der Waals surface area contributed by atoms with E-state index >= 15 is 0 Å². The largest absolute Gasteiger partial charge is 0.301 e. The lowest BCUT2D eigenvalue weighted by Crippen LogP contribution is -2.12. The molecule has 1 radical (unpaired) electrons. The molecule has 0 saturated heterocycles. The molecule has 5 heteroatoms. The van der Waals surface area contributed by atoms with Crippen LogP contribution < -0.4 is 0 Å². The van der Waals surface area contributed by atoms with E-state index < -0.39 is 21.7 Å². The van der Waals surface area contributed by atoms with E-state index in [1.165, 1.54) is 6.92 Å². The Balaban J connectivity index is 3.91. The van der Waals surface area contributed by atoms with Gasteiger partial charge in [-0.2, -0.15) is 8.42 Å². The summed E-state index contributed by atoms with van der Waals surface area (Å²) in [6, 6.07) is 0. The van der Waals surface area contributed by atoms with E-state index in [-0.39, 0.29) is 6.42 Å². The number of ketones is 1. The molecule has 0 heterocycles. The number of carbonyl (C=O) groups excluding carboxylic acids is 1. The summed E-state index contributed by atoms with van der Waals surface area (Å²) >= 11 is 0. The fourth-order valence-electron chi connectivity index (χ4n) is 0.299. The van der Waals surface area contributed by atoms with Crippen LogP contribution in [0.4, 0.5) is 0 Å². The van der Waals surface area contributed by atoms with Crippen molar-refractivity contribution in [3.63, 3.8) is 0 Å². The maximum atomic E-state index is 10.2. The lowest BCUT2D eigenvalue weighted by molar-refractivity contribution is -0.116. The third-order valence-corrected chi connectivity index (χ3v) is 1.41. The van der Waals surface area contributed by atoms with E-state index in [9.17, 15) is 17.8 Å². The van der Waals surface area contributed by atoms with Crippen LogP contribution in [0.15, 0.2) is 0 Å². The molecule has 0 N–H and O–H groups in total. The average Bonchev–Trinajstić information content (AvgIpc) is 1.62. The standard InChI is InChI=1S/C4H7O4S/c1-2-4(5)3-9(6,7)8/h2-3H2,1H3. The first-order valence-electron chi connectivity index (χ1n) is 2.41. The van der Waals surface area contributed by atoms with Gasteiger partial charge in [0.15, 0.2) is 0 Å². The summed E-state index contributed by atoms with van der Waals surface area (Å²) in [7, 11) is -4.33. The van der Waals surface area contributed by atoms with Gasteiger partial charge in [-0.05, 0) is 0 Å². The maximum absolute atomic E-state index is 10.2. The molecule has 0 aliphatic rings. The fourth-order valence-corrected chi connectivity index (χ4v) is 0.898. The molecule has 9 heavy (non-hydrogen) atoms. The van der Waals surface area contributed by atoms with E-state index in [0.29, 0.717) is 0 Å². The number of carbonyl (C=O) groups is 1. The van der Waals surface area contributed by atoms with Gasteiger partial charge in [-0.25, -0.2) is 0 Å². The highest BCUT2D eigenvalue weighted by molar-refractivity contribution is 7.86. The molecule has 0 spiro atoms. The summed E-state index contributed by atoms with van der Waals surface area (Å²) in [5.74, 6) is -1.41. The summed E-state index contributed by atoms with van der Waals surface area (Å²) < 4.78 is 29.5. The third-order valence-electron chi connectivity index (χ3n) is 0.732. The first-order chi connectivity index (χ1) is 3.95. The molecule has 0 aliphatic heterocycles. The predicted octanol–water partition coefficient (Wildman–Crippen LogP) is -0.274. The van der Waals surface area contributed by atoms with Crippen molar-refractivity contribution in [1.82, 2.24) is 0 Å². The van der Waals surface area contributed by atoms with Gasteiger partial charge in [-0.3, -0.25) is 4.79 Å². The Hall–Kier alpha value is -0.420. The molecule has 0 fully saturated rings. The summed E-state index contributed by atoms with van der Waals surface area (Å²) in [6.07, 6.45) is 0.0987. The average molecular weight is 151 g/mol. The number of hydrogen-bond acceptors (Lipinski definition) is 3. The zero-order valence-electron chi connectivity index (χ0n) is 4.96. The van der Waals surface area contributed by atoms with Crippen LogP contribution in [0.3, 0.4) is 0 Å². The van der Waals surface area contributed by atoms with Gasteiger partial charge in [0.05, 0.1) is 0 Å². The molecule has 0 aliphatic carbocycles. The summed E-state index contributed by atoms with van der Waals surface area (Å²) in [5.41, 5.74) is 0. The second-order valence-electron chi connectivity index (χ2n) is 1.59. The predicted molar refractivity (Wildman–Crippen MR) is 29.8 cm³/mol. The first-order valence-corrected chi connectivity index (χ1v) is 3.98.